The highest BCUT2D eigenvalue weighted by molar-refractivity contribution is 6.31. The van der Waals surface area contributed by atoms with E-state index in [1.165, 1.54) is 17.3 Å². The van der Waals surface area contributed by atoms with Crippen LogP contribution < -0.4 is 4.74 Å². The van der Waals surface area contributed by atoms with Gasteiger partial charge in [-0.2, -0.15) is 5.10 Å². The molecule has 0 N–H and O–H groups in total. The maximum atomic E-state index is 12.5. The normalized spacial score (nSPS) is 22.4. The van der Waals surface area contributed by atoms with Crippen molar-refractivity contribution in [2.45, 2.75) is 19.1 Å². The van der Waals surface area contributed by atoms with Crippen LogP contribution in [0.2, 0.25) is 5.02 Å². The number of Topliss-reactive ketones (excluding diaryl/α,β-unsaturated/α-hetero) is 1. The van der Waals surface area contributed by atoms with Gasteiger partial charge in [-0.15, -0.1) is 0 Å². The number of fused-ring (bicyclic) bond motifs is 1. The second-order valence-electron chi connectivity index (χ2n) is 4.15. The monoisotopic (exact) mass is 263 g/mol. The fourth-order valence-electron chi connectivity index (χ4n) is 2.13. The molecule has 0 saturated heterocycles. The zero-order chi connectivity index (χ0) is 12.7. The largest absolute Gasteiger partial charge is 0.487 e. The van der Waals surface area contributed by atoms with Crippen molar-refractivity contribution in [1.29, 1.82) is 0 Å². The summed E-state index contributed by atoms with van der Waals surface area (Å²) in [6.45, 7) is 1.84. The van der Waals surface area contributed by atoms with E-state index in [0.717, 1.165) is 0 Å². The van der Waals surface area contributed by atoms with Crippen LogP contribution in [-0.4, -0.2) is 26.7 Å². The Labute approximate surface area is 108 Å². The molecule has 1 aromatic carbocycles. The quantitative estimate of drug-likeness (QED) is 0.791. The molecule has 0 aliphatic carbocycles. The highest BCUT2D eigenvalue weighted by Crippen LogP contribution is 2.34. The van der Waals surface area contributed by atoms with Gasteiger partial charge in [0.15, 0.2) is 11.8 Å². The van der Waals surface area contributed by atoms with Crippen LogP contribution in [-0.2, 0) is 0 Å². The van der Waals surface area contributed by atoms with Crippen LogP contribution in [0.1, 0.15) is 23.3 Å². The number of rotatable bonds is 1. The second-order valence-corrected chi connectivity index (χ2v) is 4.58. The fourth-order valence-corrected chi connectivity index (χ4v) is 2.30. The van der Waals surface area contributed by atoms with Crippen LogP contribution in [0.5, 0.6) is 5.75 Å². The Bertz CT molecular complexity index is 597. The first-order valence-corrected chi connectivity index (χ1v) is 5.89. The highest BCUT2D eigenvalue weighted by Gasteiger charge is 2.36. The number of halogens is 1. The fraction of sp³-hybridized carbons (Fsp3) is 0.250. The Balaban J connectivity index is 2.08. The first-order chi connectivity index (χ1) is 8.66. The predicted molar refractivity (Wildman–Crippen MR) is 64.9 cm³/mol. The smallest absolute Gasteiger partial charge is 0.195 e. The van der Waals surface area contributed by atoms with E-state index >= 15 is 0 Å². The summed E-state index contributed by atoms with van der Waals surface area (Å²) in [6.07, 6.45) is 2.61. The van der Waals surface area contributed by atoms with Crippen LogP contribution in [0, 0.1) is 0 Å². The first kappa shape index (κ1) is 11.2. The van der Waals surface area contributed by atoms with E-state index in [2.05, 4.69) is 10.1 Å². The summed E-state index contributed by atoms with van der Waals surface area (Å²) >= 11 is 5.91. The van der Waals surface area contributed by atoms with Crippen LogP contribution >= 0.6 is 11.6 Å². The van der Waals surface area contributed by atoms with Crippen molar-refractivity contribution in [2.75, 3.05) is 0 Å². The number of carbonyl (C=O) groups is 1. The van der Waals surface area contributed by atoms with Crippen molar-refractivity contribution in [2.24, 2.45) is 0 Å². The molecule has 0 fully saturated rings. The summed E-state index contributed by atoms with van der Waals surface area (Å²) < 4.78 is 7.24. The van der Waals surface area contributed by atoms with E-state index in [9.17, 15) is 4.79 Å². The Morgan fingerprint density at radius 2 is 2.28 bits per heavy atom. The maximum absolute atomic E-state index is 12.5. The average Bonchev–Trinajstić information content (AvgIpc) is 2.84. The van der Waals surface area contributed by atoms with Crippen molar-refractivity contribution in [3.8, 4) is 5.75 Å². The van der Waals surface area contributed by atoms with E-state index in [-0.39, 0.29) is 11.9 Å². The second kappa shape index (κ2) is 4.10. The Morgan fingerprint density at radius 1 is 1.44 bits per heavy atom. The molecule has 2 aromatic rings. The highest BCUT2D eigenvalue weighted by atomic mass is 35.5. The zero-order valence-electron chi connectivity index (χ0n) is 9.58. The van der Waals surface area contributed by atoms with Gasteiger partial charge in [-0.05, 0) is 25.1 Å². The van der Waals surface area contributed by atoms with Crippen molar-refractivity contribution in [3.05, 3.63) is 41.4 Å². The lowest BCUT2D eigenvalue weighted by Gasteiger charge is -2.30. The molecule has 2 atom stereocenters. The molecule has 0 bridgehead atoms. The summed E-state index contributed by atoms with van der Waals surface area (Å²) in [5, 5.41) is 4.52. The lowest BCUT2D eigenvalue weighted by Crippen LogP contribution is -2.37. The van der Waals surface area contributed by atoms with E-state index < -0.39 is 6.04 Å². The summed E-state index contributed by atoms with van der Waals surface area (Å²) in [4.78, 5) is 16.3. The van der Waals surface area contributed by atoms with Crippen molar-refractivity contribution in [3.63, 3.8) is 0 Å². The van der Waals surface area contributed by atoms with Crippen LogP contribution in [0.25, 0.3) is 0 Å². The summed E-state index contributed by atoms with van der Waals surface area (Å²) in [7, 11) is 0. The molecule has 0 amide bonds. The van der Waals surface area contributed by atoms with Crippen molar-refractivity contribution in [1.82, 2.24) is 14.8 Å². The Morgan fingerprint density at radius 3 is 3.00 bits per heavy atom. The van der Waals surface area contributed by atoms with Gasteiger partial charge >= 0.3 is 0 Å². The minimum Gasteiger partial charge on any atom is -0.487 e. The Hall–Kier alpha value is -1.88. The molecule has 0 saturated carbocycles. The molecule has 2 heterocycles. The summed E-state index contributed by atoms with van der Waals surface area (Å²) in [5.41, 5.74) is 0.487. The van der Waals surface area contributed by atoms with Gasteiger partial charge in [0.1, 0.15) is 24.5 Å². The molecule has 92 valence electrons. The molecular formula is C12H10ClN3O2. The van der Waals surface area contributed by atoms with Crippen molar-refractivity contribution >= 4 is 17.4 Å². The lowest BCUT2D eigenvalue weighted by molar-refractivity contribution is 0.0697. The first-order valence-electron chi connectivity index (χ1n) is 5.51. The van der Waals surface area contributed by atoms with Gasteiger partial charge in [-0.25, -0.2) is 9.67 Å². The van der Waals surface area contributed by atoms with Gasteiger partial charge in [-0.3, -0.25) is 4.79 Å². The summed E-state index contributed by atoms with van der Waals surface area (Å²) in [5.74, 6) is 0.505. The molecule has 1 aromatic heterocycles. The maximum Gasteiger partial charge on any atom is 0.195 e. The SMILES string of the molecule is C[C@@H]1Oc2ccc(Cl)cc2C(=O)[C@H]1n1cncn1. The molecule has 0 unspecified atom stereocenters. The lowest BCUT2D eigenvalue weighted by atomic mass is 9.96. The molecule has 6 heteroatoms. The average molecular weight is 264 g/mol. The van der Waals surface area contributed by atoms with Gasteiger partial charge in [0.05, 0.1) is 5.56 Å². The van der Waals surface area contributed by atoms with Crippen LogP contribution in [0.3, 0.4) is 0 Å². The molecule has 0 radical (unpaired) electrons. The topological polar surface area (TPSA) is 57.0 Å². The molecule has 1 aliphatic heterocycles. The number of carbonyl (C=O) groups excluding carboxylic acids is 1. The molecule has 0 spiro atoms. The standard InChI is InChI=1S/C12H10ClN3O2/c1-7-11(16-6-14-5-15-16)12(17)9-4-8(13)2-3-10(9)18-7/h2-7,11H,1H3/t7-,11-/m0/s1. The zero-order valence-corrected chi connectivity index (χ0v) is 10.3. The third kappa shape index (κ3) is 1.67. The van der Waals surface area contributed by atoms with E-state index in [1.807, 2.05) is 6.92 Å². The Kier molecular flexibility index (Phi) is 2.56. The molecule has 5 nitrogen and oxygen atoms in total. The van der Waals surface area contributed by atoms with E-state index in [0.29, 0.717) is 16.3 Å². The van der Waals surface area contributed by atoms with Gasteiger partial charge in [0, 0.05) is 5.02 Å². The summed E-state index contributed by atoms with van der Waals surface area (Å²) in [6, 6.07) is 4.54. The molecule has 18 heavy (non-hydrogen) atoms. The van der Waals surface area contributed by atoms with Crippen molar-refractivity contribution < 1.29 is 9.53 Å². The number of nitrogens with zero attached hydrogens (tertiary/aromatic N) is 3. The minimum atomic E-state index is -0.501. The number of hydrogen-bond acceptors (Lipinski definition) is 4. The number of benzene rings is 1. The molecule has 3 rings (SSSR count). The van der Waals surface area contributed by atoms with Crippen LogP contribution in [0.15, 0.2) is 30.9 Å². The van der Waals surface area contributed by atoms with Gasteiger partial charge in [0.2, 0.25) is 0 Å². The van der Waals surface area contributed by atoms with Crippen LogP contribution in [0.4, 0.5) is 0 Å². The predicted octanol–water partition coefficient (Wildman–Crippen LogP) is 2.14. The number of ether oxygens (including phenoxy) is 1. The van der Waals surface area contributed by atoms with Gasteiger partial charge in [0.25, 0.3) is 0 Å². The van der Waals surface area contributed by atoms with E-state index in [1.54, 1.807) is 18.2 Å². The number of ketones is 1. The number of hydrogen-bond donors (Lipinski definition) is 0. The third-order valence-corrected chi connectivity index (χ3v) is 3.19. The van der Waals surface area contributed by atoms with Gasteiger partial charge in [-0.1, -0.05) is 11.6 Å². The number of aromatic nitrogens is 3. The minimum absolute atomic E-state index is 0.0586. The van der Waals surface area contributed by atoms with E-state index in [4.69, 9.17) is 16.3 Å². The molecule has 1 aliphatic rings. The van der Waals surface area contributed by atoms with Gasteiger partial charge < -0.3 is 4.74 Å². The molecular weight excluding hydrogens is 254 g/mol. The third-order valence-electron chi connectivity index (χ3n) is 2.95.